The summed E-state index contributed by atoms with van der Waals surface area (Å²) in [6, 6.07) is 15.1. The van der Waals surface area contributed by atoms with E-state index in [2.05, 4.69) is 34.1 Å². The highest BCUT2D eigenvalue weighted by molar-refractivity contribution is 5.96. The van der Waals surface area contributed by atoms with E-state index in [4.69, 9.17) is 0 Å². The standard InChI is InChI=1S/C21H23FN2O/c22-18-8-5-17(6-9-18)21(25)11-12-23-13-14-24-19(15-23)10-7-16-3-1-2-4-20(16)24/h1-6,8-9,19H,7,10-15H2/t19-/m1/s1. The fraction of sp³-hybridized carbons (Fsp3) is 0.381. The fourth-order valence-electron chi connectivity index (χ4n) is 4.05. The maximum atomic E-state index is 13.0. The highest BCUT2D eigenvalue weighted by Crippen LogP contribution is 2.32. The van der Waals surface area contributed by atoms with E-state index in [0.29, 0.717) is 18.0 Å². The molecule has 2 heterocycles. The van der Waals surface area contributed by atoms with Gasteiger partial charge in [-0.3, -0.25) is 9.69 Å². The van der Waals surface area contributed by atoms with Crippen LogP contribution in [0.15, 0.2) is 48.5 Å². The van der Waals surface area contributed by atoms with E-state index in [1.165, 1.54) is 29.8 Å². The van der Waals surface area contributed by atoms with Crippen LogP contribution in [0, 0.1) is 5.82 Å². The normalized spacial score (nSPS) is 20.0. The predicted molar refractivity (Wildman–Crippen MR) is 97.7 cm³/mol. The fourth-order valence-corrected chi connectivity index (χ4v) is 4.05. The van der Waals surface area contributed by atoms with E-state index in [1.807, 2.05) is 0 Å². The third-order valence-electron chi connectivity index (χ3n) is 5.44. The highest BCUT2D eigenvalue weighted by atomic mass is 19.1. The number of Topliss-reactive ketones (excluding diaryl/α,β-unsaturated/α-hetero) is 1. The maximum absolute atomic E-state index is 13.0. The molecule has 130 valence electrons. The van der Waals surface area contributed by atoms with Crippen LogP contribution in [-0.2, 0) is 6.42 Å². The van der Waals surface area contributed by atoms with Crippen molar-refractivity contribution in [1.82, 2.24) is 4.90 Å². The molecule has 1 saturated heterocycles. The van der Waals surface area contributed by atoms with Crippen LogP contribution in [0.3, 0.4) is 0 Å². The SMILES string of the molecule is O=C(CCN1CCN2c3ccccc3CC[C@@H]2C1)c1ccc(F)cc1. The molecule has 0 spiro atoms. The first-order valence-corrected chi connectivity index (χ1v) is 9.06. The summed E-state index contributed by atoms with van der Waals surface area (Å²) in [5.74, 6) is -0.207. The number of para-hydroxylation sites is 1. The molecule has 2 aliphatic rings. The molecular weight excluding hydrogens is 315 g/mol. The summed E-state index contributed by atoms with van der Waals surface area (Å²) < 4.78 is 13.0. The summed E-state index contributed by atoms with van der Waals surface area (Å²) in [5.41, 5.74) is 3.45. The smallest absolute Gasteiger partial charge is 0.164 e. The second kappa shape index (κ2) is 6.96. The highest BCUT2D eigenvalue weighted by Gasteiger charge is 2.31. The number of anilines is 1. The molecule has 0 saturated carbocycles. The largest absolute Gasteiger partial charge is 0.366 e. The maximum Gasteiger partial charge on any atom is 0.164 e. The number of piperazine rings is 1. The molecule has 4 heteroatoms. The zero-order valence-electron chi connectivity index (χ0n) is 14.3. The minimum atomic E-state index is -0.301. The first kappa shape index (κ1) is 16.3. The van der Waals surface area contributed by atoms with E-state index in [1.54, 1.807) is 12.1 Å². The molecule has 0 aromatic heterocycles. The number of halogens is 1. The van der Waals surface area contributed by atoms with E-state index < -0.39 is 0 Å². The van der Waals surface area contributed by atoms with E-state index in [0.717, 1.165) is 32.6 Å². The van der Waals surface area contributed by atoms with Crippen LogP contribution in [0.5, 0.6) is 0 Å². The Bertz CT molecular complexity index is 759. The van der Waals surface area contributed by atoms with Gasteiger partial charge in [-0.2, -0.15) is 0 Å². The molecule has 2 aromatic rings. The zero-order valence-corrected chi connectivity index (χ0v) is 14.3. The number of rotatable bonds is 4. The molecule has 25 heavy (non-hydrogen) atoms. The van der Waals surface area contributed by atoms with Crippen molar-refractivity contribution in [3.63, 3.8) is 0 Å². The molecule has 0 unspecified atom stereocenters. The molecule has 0 amide bonds. The summed E-state index contributed by atoms with van der Waals surface area (Å²) >= 11 is 0. The number of aryl methyl sites for hydroxylation is 1. The van der Waals surface area contributed by atoms with Crippen molar-refractivity contribution in [2.45, 2.75) is 25.3 Å². The Labute approximate surface area is 148 Å². The van der Waals surface area contributed by atoms with Crippen molar-refractivity contribution >= 4 is 11.5 Å². The monoisotopic (exact) mass is 338 g/mol. The average molecular weight is 338 g/mol. The lowest BCUT2D eigenvalue weighted by Gasteiger charge is -2.46. The van der Waals surface area contributed by atoms with Gasteiger partial charge >= 0.3 is 0 Å². The molecule has 4 rings (SSSR count). The number of fused-ring (bicyclic) bond motifs is 3. The Morgan fingerprint density at radius 1 is 1.08 bits per heavy atom. The average Bonchev–Trinajstić information content (AvgIpc) is 2.66. The zero-order chi connectivity index (χ0) is 17.2. The van der Waals surface area contributed by atoms with Crippen molar-refractivity contribution < 1.29 is 9.18 Å². The molecule has 0 N–H and O–H groups in total. The molecule has 2 aliphatic heterocycles. The first-order chi connectivity index (χ1) is 12.2. The van der Waals surface area contributed by atoms with Gasteiger partial charge in [0, 0.05) is 49.9 Å². The van der Waals surface area contributed by atoms with Crippen molar-refractivity contribution in [3.8, 4) is 0 Å². The Hall–Kier alpha value is -2.20. The van der Waals surface area contributed by atoms with E-state index in [9.17, 15) is 9.18 Å². The van der Waals surface area contributed by atoms with Gasteiger partial charge in [0.25, 0.3) is 0 Å². The van der Waals surface area contributed by atoms with Crippen LogP contribution >= 0.6 is 0 Å². The summed E-state index contributed by atoms with van der Waals surface area (Å²) in [7, 11) is 0. The van der Waals surface area contributed by atoms with Crippen molar-refractivity contribution in [2.75, 3.05) is 31.1 Å². The number of ketones is 1. The van der Waals surface area contributed by atoms with Crippen LogP contribution in [0.4, 0.5) is 10.1 Å². The van der Waals surface area contributed by atoms with Gasteiger partial charge in [0.15, 0.2) is 5.78 Å². The summed E-state index contributed by atoms with van der Waals surface area (Å²) in [6.45, 7) is 3.81. The predicted octanol–water partition coefficient (Wildman–Crippen LogP) is 3.54. The summed E-state index contributed by atoms with van der Waals surface area (Å²) in [5, 5.41) is 0. The lowest BCUT2D eigenvalue weighted by molar-refractivity contribution is 0.0957. The number of carbonyl (C=O) groups excluding carboxylic acids is 1. The number of benzene rings is 2. The molecule has 0 aliphatic carbocycles. The molecular formula is C21H23FN2O. The number of hydrogen-bond acceptors (Lipinski definition) is 3. The van der Waals surface area contributed by atoms with Gasteiger partial charge in [-0.15, -0.1) is 0 Å². The Morgan fingerprint density at radius 3 is 2.72 bits per heavy atom. The summed E-state index contributed by atoms with van der Waals surface area (Å²) in [4.78, 5) is 17.2. The topological polar surface area (TPSA) is 23.6 Å². The third kappa shape index (κ3) is 3.45. The minimum Gasteiger partial charge on any atom is -0.366 e. The van der Waals surface area contributed by atoms with Gasteiger partial charge in [-0.25, -0.2) is 4.39 Å². The van der Waals surface area contributed by atoms with Crippen LogP contribution < -0.4 is 4.90 Å². The van der Waals surface area contributed by atoms with Gasteiger partial charge in [-0.1, -0.05) is 18.2 Å². The van der Waals surface area contributed by atoms with Crippen LogP contribution in [0.2, 0.25) is 0 Å². The molecule has 2 aromatic carbocycles. The lowest BCUT2D eigenvalue weighted by Crippen LogP contribution is -2.55. The van der Waals surface area contributed by atoms with Gasteiger partial charge < -0.3 is 4.90 Å². The summed E-state index contributed by atoms with van der Waals surface area (Å²) in [6.07, 6.45) is 2.81. The van der Waals surface area contributed by atoms with Gasteiger partial charge in [0.2, 0.25) is 0 Å². The van der Waals surface area contributed by atoms with Crippen molar-refractivity contribution in [3.05, 3.63) is 65.5 Å². The Kier molecular flexibility index (Phi) is 4.53. The second-order valence-corrected chi connectivity index (χ2v) is 7.00. The quantitative estimate of drug-likeness (QED) is 0.797. The van der Waals surface area contributed by atoms with Crippen molar-refractivity contribution in [1.29, 1.82) is 0 Å². The Morgan fingerprint density at radius 2 is 1.88 bits per heavy atom. The van der Waals surface area contributed by atoms with E-state index in [-0.39, 0.29) is 11.6 Å². The van der Waals surface area contributed by atoms with E-state index >= 15 is 0 Å². The number of carbonyl (C=O) groups is 1. The van der Waals surface area contributed by atoms with Crippen LogP contribution in [-0.4, -0.2) is 42.9 Å². The Balaban J connectivity index is 1.34. The first-order valence-electron chi connectivity index (χ1n) is 9.06. The molecule has 1 fully saturated rings. The van der Waals surface area contributed by atoms with Gasteiger partial charge in [-0.05, 0) is 48.7 Å². The molecule has 0 bridgehead atoms. The van der Waals surface area contributed by atoms with Gasteiger partial charge in [0.05, 0.1) is 0 Å². The van der Waals surface area contributed by atoms with Crippen LogP contribution in [0.1, 0.15) is 28.8 Å². The number of hydrogen-bond donors (Lipinski definition) is 0. The lowest BCUT2D eigenvalue weighted by atomic mass is 9.94. The molecule has 3 nitrogen and oxygen atoms in total. The van der Waals surface area contributed by atoms with Gasteiger partial charge in [0.1, 0.15) is 5.82 Å². The second-order valence-electron chi connectivity index (χ2n) is 7.00. The third-order valence-corrected chi connectivity index (χ3v) is 5.44. The number of nitrogens with zero attached hydrogens (tertiary/aromatic N) is 2. The van der Waals surface area contributed by atoms with Crippen molar-refractivity contribution in [2.24, 2.45) is 0 Å². The van der Waals surface area contributed by atoms with Crippen LogP contribution in [0.25, 0.3) is 0 Å². The molecule has 1 atom stereocenters. The minimum absolute atomic E-state index is 0.0939. The molecule has 0 radical (unpaired) electrons.